The molecule has 10 N–H and O–H groups in total. The molecule has 0 aromatic heterocycles. The Morgan fingerprint density at radius 1 is 1.00 bits per heavy atom. The zero-order valence-corrected chi connectivity index (χ0v) is 16.2. The highest BCUT2D eigenvalue weighted by Gasteiger charge is 2.11. The lowest BCUT2D eigenvalue weighted by Gasteiger charge is -2.04. The average Bonchev–Trinajstić information content (AvgIpc) is 2.63. The summed E-state index contributed by atoms with van der Waals surface area (Å²) in [5.74, 6) is -2.33. The van der Waals surface area contributed by atoms with E-state index in [9.17, 15) is 14.4 Å². The number of carbonyl (C=O) groups is 3. The van der Waals surface area contributed by atoms with Gasteiger partial charge in [-0.1, -0.05) is 43.3 Å². The molecule has 0 aliphatic rings. The predicted molar refractivity (Wildman–Crippen MR) is 108 cm³/mol. The number of hydrogen-bond acceptors (Lipinski definition) is 6. The summed E-state index contributed by atoms with van der Waals surface area (Å²) in [7, 11) is 0. The van der Waals surface area contributed by atoms with Gasteiger partial charge in [-0.2, -0.15) is 0 Å². The standard InChI is InChI=1S/C9H11NO2.C6H14N2O2.C4H7NO/c10-8(9(11)12)6-7-4-2-1-3-5-7;7-4-2-1-3-5(8)6(9)10;1-3(2)4(5)6/h1-5,8H,6,10H2,(H,11,12);5H,1-4,7-8H2,(H,9,10);1H2,2H3,(H2,5,6). The number of benzene rings is 1. The minimum Gasteiger partial charge on any atom is -0.480 e. The largest absolute Gasteiger partial charge is 0.480 e. The van der Waals surface area contributed by atoms with Gasteiger partial charge in [-0.3, -0.25) is 14.4 Å². The summed E-state index contributed by atoms with van der Waals surface area (Å²) in [6.07, 6.45) is 2.55. The minimum atomic E-state index is -0.959. The van der Waals surface area contributed by atoms with Crippen LogP contribution in [0.2, 0.25) is 0 Å². The Morgan fingerprint density at radius 3 is 1.82 bits per heavy atom. The van der Waals surface area contributed by atoms with Gasteiger partial charge in [0.2, 0.25) is 5.91 Å². The van der Waals surface area contributed by atoms with Crippen LogP contribution in [0.4, 0.5) is 0 Å². The Balaban J connectivity index is 0. The molecule has 28 heavy (non-hydrogen) atoms. The first-order chi connectivity index (χ1) is 13.0. The van der Waals surface area contributed by atoms with Crippen LogP contribution in [-0.2, 0) is 20.8 Å². The van der Waals surface area contributed by atoms with E-state index in [1.165, 1.54) is 0 Å². The van der Waals surface area contributed by atoms with Crippen LogP contribution in [0, 0.1) is 0 Å². The molecule has 1 amide bonds. The van der Waals surface area contributed by atoms with Gasteiger partial charge in [0, 0.05) is 5.57 Å². The van der Waals surface area contributed by atoms with Crippen molar-refractivity contribution in [3.63, 3.8) is 0 Å². The van der Waals surface area contributed by atoms with Crippen molar-refractivity contribution < 1.29 is 24.6 Å². The van der Waals surface area contributed by atoms with Crippen molar-refractivity contribution in [1.29, 1.82) is 0 Å². The maximum atomic E-state index is 10.4. The van der Waals surface area contributed by atoms with Crippen molar-refractivity contribution in [2.24, 2.45) is 22.9 Å². The number of rotatable bonds is 9. The van der Waals surface area contributed by atoms with Crippen molar-refractivity contribution >= 4 is 17.8 Å². The highest BCUT2D eigenvalue weighted by atomic mass is 16.4. The summed E-state index contributed by atoms with van der Waals surface area (Å²) < 4.78 is 0. The molecule has 2 atom stereocenters. The molecule has 158 valence electrons. The Labute approximate surface area is 165 Å². The van der Waals surface area contributed by atoms with Gasteiger partial charge in [0.05, 0.1) is 0 Å². The summed E-state index contributed by atoms with van der Waals surface area (Å²) >= 11 is 0. The molecule has 1 rings (SSSR count). The van der Waals surface area contributed by atoms with Crippen LogP contribution in [0.5, 0.6) is 0 Å². The number of carboxylic acid groups (broad SMARTS) is 2. The molecule has 2 unspecified atom stereocenters. The highest BCUT2D eigenvalue weighted by molar-refractivity contribution is 5.90. The van der Waals surface area contributed by atoms with E-state index in [-0.39, 0.29) is 0 Å². The average molecular weight is 396 g/mol. The fraction of sp³-hybridized carbons (Fsp3) is 0.421. The van der Waals surface area contributed by atoms with E-state index in [0.717, 1.165) is 18.4 Å². The summed E-state index contributed by atoms with van der Waals surface area (Å²) in [5.41, 5.74) is 21.8. The van der Waals surface area contributed by atoms with Gasteiger partial charge in [0.15, 0.2) is 0 Å². The Hall–Kier alpha value is -2.75. The van der Waals surface area contributed by atoms with E-state index in [4.69, 9.17) is 33.1 Å². The number of unbranched alkanes of at least 4 members (excludes halogenated alkanes) is 1. The normalized spacial score (nSPS) is 11.6. The molecule has 9 heteroatoms. The Kier molecular flexibility index (Phi) is 16.1. The molecule has 0 saturated heterocycles. The lowest BCUT2D eigenvalue weighted by Crippen LogP contribution is -2.32. The first-order valence-electron chi connectivity index (χ1n) is 8.68. The summed E-state index contributed by atoms with van der Waals surface area (Å²) in [5, 5.41) is 16.8. The number of carboxylic acids is 2. The Morgan fingerprint density at radius 2 is 1.46 bits per heavy atom. The van der Waals surface area contributed by atoms with Crippen LogP contribution in [0.15, 0.2) is 42.5 Å². The second-order valence-electron chi connectivity index (χ2n) is 6.01. The van der Waals surface area contributed by atoms with Gasteiger partial charge in [-0.15, -0.1) is 0 Å². The molecular formula is C19H32N4O5. The minimum absolute atomic E-state index is 0.385. The maximum absolute atomic E-state index is 10.4. The molecule has 0 radical (unpaired) electrons. The van der Waals surface area contributed by atoms with Crippen LogP contribution in [0.1, 0.15) is 31.7 Å². The molecular weight excluding hydrogens is 364 g/mol. The van der Waals surface area contributed by atoms with Gasteiger partial charge in [-0.05, 0) is 38.3 Å². The molecule has 0 aliphatic heterocycles. The quantitative estimate of drug-likeness (QED) is 0.251. The fourth-order valence-corrected chi connectivity index (χ4v) is 1.59. The topological polar surface area (TPSA) is 196 Å². The van der Waals surface area contributed by atoms with E-state index < -0.39 is 29.9 Å². The van der Waals surface area contributed by atoms with Crippen LogP contribution in [0.25, 0.3) is 0 Å². The molecule has 9 nitrogen and oxygen atoms in total. The summed E-state index contributed by atoms with van der Waals surface area (Å²) in [6, 6.07) is 7.83. The maximum Gasteiger partial charge on any atom is 0.320 e. The van der Waals surface area contributed by atoms with Crippen LogP contribution in [0.3, 0.4) is 0 Å². The van der Waals surface area contributed by atoms with Crippen molar-refractivity contribution in [3.05, 3.63) is 48.0 Å². The number of primary amides is 1. The Bertz CT molecular complexity index is 596. The van der Waals surface area contributed by atoms with Crippen molar-refractivity contribution in [2.45, 2.75) is 44.7 Å². The summed E-state index contributed by atoms with van der Waals surface area (Å²) in [4.78, 5) is 30.3. The van der Waals surface area contributed by atoms with Gasteiger partial charge < -0.3 is 33.1 Å². The first-order valence-corrected chi connectivity index (χ1v) is 8.68. The van der Waals surface area contributed by atoms with E-state index in [2.05, 4.69) is 6.58 Å². The molecule has 0 heterocycles. The molecule has 0 aliphatic carbocycles. The molecule has 0 fully saturated rings. The molecule has 0 spiro atoms. The third-order valence-corrected chi connectivity index (χ3v) is 3.32. The first kappa shape index (κ1) is 27.5. The third-order valence-electron chi connectivity index (χ3n) is 3.32. The number of hydrogen-bond donors (Lipinski definition) is 6. The van der Waals surface area contributed by atoms with Gasteiger partial charge in [0.25, 0.3) is 0 Å². The smallest absolute Gasteiger partial charge is 0.320 e. The third kappa shape index (κ3) is 16.7. The molecule has 1 aromatic rings. The van der Waals surface area contributed by atoms with Gasteiger partial charge in [-0.25, -0.2) is 0 Å². The zero-order valence-electron chi connectivity index (χ0n) is 16.2. The molecule has 0 saturated carbocycles. The van der Waals surface area contributed by atoms with Gasteiger partial charge in [0.1, 0.15) is 12.1 Å². The fourth-order valence-electron chi connectivity index (χ4n) is 1.59. The van der Waals surface area contributed by atoms with E-state index in [0.29, 0.717) is 25.0 Å². The predicted octanol–water partition coefficient (Wildman–Crippen LogP) is 0.216. The lowest BCUT2D eigenvalue weighted by atomic mass is 10.1. The van der Waals surface area contributed by atoms with Crippen LogP contribution >= 0.6 is 0 Å². The second kappa shape index (κ2) is 16.4. The number of aliphatic carboxylic acids is 2. The summed E-state index contributed by atoms with van der Waals surface area (Å²) in [6.45, 7) is 5.46. The number of carbonyl (C=O) groups excluding carboxylic acids is 1. The van der Waals surface area contributed by atoms with Crippen molar-refractivity contribution in [2.75, 3.05) is 6.54 Å². The zero-order chi connectivity index (χ0) is 22.1. The molecule has 1 aromatic carbocycles. The van der Waals surface area contributed by atoms with Crippen LogP contribution in [-0.4, -0.2) is 46.7 Å². The van der Waals surface area contributed by atoms with E-state index >= 15 is 0 Å². The lowest BCUT2D eigenvalue weighted by molar-refractivity contribution is -0.139. The van der Waals surface area contributed by atoms with Crippen molar-refractivity contribution in [1.82, 2.24) is 0 Å². The van der Waals surface area contributed by atoms with E-state index in [1.54, 1.807) is 6.92 Å². The van der Waals surface area contributed by atoms with Crippen molar-refractivity contribution in [3.8, 4) is 0 Å². The number of nitrogens with two attached hydrogens (primary N) is 4. The van der Waals surface area contributed by atoms with Gasteiger partial charge >= 0.3 is 11.9 Å². The number of amides is 1. The monoisotopic (exact) mass is 396 g/mol. The van der Waals surface area contributed by atoms with Crippen LogP contribution < -0.4 is 22.9 Å². The second-order valence-corrected chi connectivity index (χ2v) is 6.01. The SMILES string of the molecule is C=C(C)C(N)=O.NC(Cc1ccccc1)C(=O)O.NCCCCC(N)C(=O)O. The molecule has 0 bridgehead atoms. The van der Waals surface area contributed by atoms with E-state index in [1.807, 2.05) is 30.3 Å². The highest BCUT2D eigenvalue weighted by Crippen LogP contribution is 2.01.